The van der Waals surface area contributed by atoms with E-state index in [0.29, 0.717) is 0 Å². The van der Waals surface area contributed by atoms with Crippen LogP contribution in [0.25, 0.3) is 0 Å². The number of nitrogens with one attached hydrogen (secondary N) is 1. The lowest BCUT2D eigenvalue weighted by Crippen LogP contribution is -2.06. The Hall–Kier alpha value is -0.890. The lowest BCUT2D eigenvalue weighted by atomic mass is 10.2. The van der Waals surface area contributed by atoms with E-state index in [-0.39, 0.29) is 0 Å². The van der Waals surface area contributed by atoms with Crippen molar-refractivity contribution in [1.29, 1.82) is 0 Å². The van der Waals surface area contributed by atoms with Crippen molar-refractivity contribution in [3.05, 3.63) is 29.6 Å². The molecule has 2 heteroatoms. The molecule has 14 heavy (non-hydrogen) atoms. The van der Waals surface area contributed by atoms with Crippen LogP contribution in [0.4, 0.5) is 0 Å². The Kier molecular flexibility index (Phi) is 13.5. The Morgan fingerprint density at radius 2 is 1.79 bits per heavy atom. The number of hydrogen-bond donors (Lipinski definition) is 1. The fraction of sp³-hybridized carbons (Fsp3) is 0.583. The van der Waals surface area contributed by atoms with E-state index in [9.17, 15) is 0 Å². The summed E-state index contributed by atoms with van der Waals surface area (Å²) in [6, 6.07) is 2.03. The SMILES string of the molecule is CC.CC.CNCc1ccncc1C. The van der Waals surface area contributed by atoms with E-state index >= 15 is 0 Å². The zero-order chi connectivity index (χ0) is 11.4. The van der Waals surface area contributed by atoms with Gasteiger partial charge in [-0.05, 0) is 31.2 Å². The van der Waals surface area contributed by atoms with Crippen molar-refractivity contribution in [2.45, 2.75) is 41.2 Å². The molecule has 0 saturated heterocycles. The normalized spacial score (nSPS) is 7.86. The zero-order valence-electron chi connectivity index (χ0n) is 10.4. The molecule has 0 spiro atoms. The van der Waals surface area contributed by atoms with Crippen molar-refractivity contribution in [2.75, 3.05) is 7.05 Å². The molecule has 0 atom stereocenters. The van der Waals surface area contributed by atoms with Crippen LogP contribution in [0.1, 0.15) is 38.8 Å². The molecule has 1 rings (SSSR count). The molecular weight excluding hydrogens is 172 g/mol. The molecule has 82 valence electrons. The maximum Gasteiger partial charge on any atom is 0.0300 e. The third kappa shape index (κ3) is 6.61. The number of pyridine rings is 1. The molecule has 0 fully saturated rings. The summed E-state index contributed by atoms with van der Waals surface area (Å²) < 4.78 is 0. The van der Waals surface area contributed by atoms with Gasteiger partial charge in [-0.25, -0.2) is 0 Å². The first-order valence-electron chi connectivity index (χ1n) is 5.38. The molecule has 1 aromatic heterocycles. The molecule has 0 aromatic carbocycles. The maximum absolute atomic E-state index is 4.00. The van der Waals surface area contributed by atoms with Gasteiger partial charge in [0.25, 0.3) is 0 Å². The van der Waals surface area contributed by atoms with Gasteiger partial charge in [-0.1, -0.05) is 27.7 Å². The minimum Gasteiger partial charge on any atom is -0.316 e. The van der Waals surface area contributed by atoms with Crippen molar-refractivity contribution < 1.29 is 0 Å². The summed E-state index contributed by atoms with van der Waals surface area (Å²) in [6.07, 6.45) is 3.70. The van der Waals surface area contributed by atoms with Crippen LogP contribution >= 0.6 is 0 Å². The molecule has 0 unspecified atom stereocenters. The Bertz CT molecular complexity index is 209. The first-order valence-corrected chi connectivity index (χ1v) is 5.38. The molecule has 0 aliphatic rings. The van der Waals surface area contributed by atoms with Gasteiger partial charge >= 0.3 is 0 Å². The predicted octanol–water partition coefficient (Wildman–Crippen LogP) is 3.16. The van der Waals surface area contributed by atoms with Gasteiger partial charge in [0.2, 0.25) is 0 Å². The molecule has 0 aliphatic heterocycles. The van der Waals surface area contributed by atoms with Crippen LogP contribution in [0.3, 0.4) is 0 Å². The van der Waals surface area contributed by atoms with E-state index in [1.165, 1.54) is 11.1 Å². The van der Waals surface area contributed by atoms with Gasteiger partial charge in [0.1, 0.15) is 0 Å². The van der Waals surface area contributed by atoms with Crippen LogP contribution in [-0.2, 0) is 6.54 Å². The summed E-state index contributed by atoms with van der Waals surface area (Å²) in [4.78, 5) is 4.00. The number of hydrogen-bond acceptors (Lipinski definition) is 2. The number of rotatable bonds is 2. The summed E-state index contributed by atoms with van der Waals surface area (Å²) in [5.74, 6) is 0. The molecule has 2 nitrogen and oxygen atoms in total. The average Bonchev–Trinajstić information content (AvgIpc) is 2.28. The van der Waals surface area contributed by atoms with Gasteiger partial charge in [-0.2, -0.15) is 0 Å². The minimum atomic E-state index is 0.925. The molecule has 0 bridgehead atoms. The molecule has 1 aromatic rings. The molecule has 0 saturated carbocycles. The molecule has 0 aliphatic carbocycles. The first-order chi connectivity index (χ1) is 6.84. The fourth-order valence-corrected chi connectivity index (χ4v) is 0.891. The second kappa shape index (κ2) is 12.1. The topological polar surface area (TPSA) is 24.9 Å². The van der Waals surface area contributed by atoms with Crippen LogP contribution in [0.2, 0.25) is 0 Å². The Morgan fingerprint density at radius 1 is 1.21 bits per heavy atom. The van der Waals surface area contributed by atoms with E-state index in [1.807, 2.05) is 53.2 Å². The summed E-state index contributed by atoms with van der Waals surface area (Å²) in [5.41, 5.74) is 2.56. The Morgan fingerprint density at radius 3 is 2.21 bits per heavy atom. The maximum atomic E-state index is 4.00. The fourth-order valence-electron chi connectivity index (χ4n) is 0.891. The number of aromatic nitrogens is 1. The van der Waals surface area contributed by atoms with E-state index in [2.05, 4.69) is 17.2 Å². The highest BCUT2D eigenvalue weighted by atomic mass is 14.8. The van der Waals surface area contributed by atoms with E-state index < -0.39 is 0 Å². The van der Waals surface area contributed by atoms with Crippen molar-refractivity contribution >= 4 is 0 Å². The summed E-state index contributed by atoms with van der Waals surface area (Å²) in [5, 5.41) is 3.10. The highest BCUT2D eigenvalue weighted by molar-refractivity contribution is 5.20. The van der Waals surface area contributed by atoms with Gasteiger partial charge in [-0.3, -0.25) is 4.98 Å². The van der Waals surface area contributed by atoms with E-state index in [4.69, 9.17) is 0 Å². The summed E-state index contributed by atoms with van der Waals surface area (Å²) in [7, 11) is 1.94. The predicted molar refractivity (Wildman–Crippen MR) is 64.4 cm³/mol. The third-order valence-corrected chi connectivity index (χ3v) is 1.50. The summed E-state index contributed by atoms with van der Waals surface area (Å²) in [6.45, 7) is 11.0. The van der Waals surface area contributed by atoms with Crippen LogP contribution < -0.4 is 5.32 Å². The lowest BCUT2D eigenvalue weighted by Gasteiger charge is -2.01. The molecular formula is C12H24N2. The molecule has 0 radical (unpaired) electrons. The minimum absolute atomic E-state index is 0.925. The zero-order valence-corrected chi connectivity index (χ0v) is 10.4. The van der Waals surface area contributed by atoms with Crippen molar-refractivity contribution in [2.24, 2.45) is 0 Å². The lowest BCUT2D eigenvalue weighted by molar-refractivity contribution is 0.809. The average molecular weight is 196 g/mol. The van der Waals surface area contributed by atoms with Gasteiger partial charge in [-0.15, -0.1) is 0 Å². The van der Waals surface area contributed by atoms with Gasteiger partial charge in [0.15, 0.2) is 0 Å². The highest BCUT2D eigenvalue weighted by Crippen LogP contribution is 2.02. The Balaban J connectivity index is 0. The van der Waals surface area contributed by atoms with Crippen LogP contribution in [-0.4, -0.2) is 12.0 Å². The van der Waals surface area contributed by atoms with Gasteiger partial charge < -0.3 is 5.32 Å². The number of aryl methyl sites for hydroxylation is 1. The first kappa shape index (κ1) is 15.6. The largest absolute Gasteiger partial charge is 0.316 e. The van der Waals surface area contributed by atoms with Crippen LogP contribution in [0.15, 0.2) is 18.5 Å². The van der Waals surface area contributed by atoms with E-state index in [0.717, 1.165) is 6.54 Å². The van der Waals surface area contributed by atoms with Gasteiger partial charge in [0.05, 0.1) is 0 Å². The van der Waals surface area contributed by atoms with Crippen LogP contribution in [0, 0.1) is 6.92 Å². The van der Waals surface area contributed by atoms with Gasteiger partial charge in [0, 0.05) is 18.9 Å². The standard InChI is InChI=1S/C8H12N2.2C2H6/c1-7-5-10-4-3-8(7)6-9-2;2*1-2/h3-5,9H,6H2,1-2H3;2*1-2H3. The van der Waals surface area contributed by atoms with E-state index in [1.54, 1.807) is 0 Å². The van der Waals surface area contributed by atoms with Crippen molar-refractivity contribution in [3.8, 4) is 0 Å². The number of nitrogens with zero attached hydrogens (tertiary/aromatic N) is 1. The quantitative estimate of drug-likeness (QED) is 0.786. The molecule has 1 N–H and O–H groups in total. The second-order valence-electron chi connectivity index (χ2n) is 2.33. The smallest absolute Gasteiger partial charge is 0.0300 e. The van der Waals surface area contributed by atoms with Crippen LogP contribution in [0.5, 0.6) is 0 Å². The Labute approximate surface area is 88.8 Å². The van der Waals surface area contributed by atoms with Crippen molar-refractivity contribution in [1.82, 2.24) is 10.3 Å². The second-order valence-corrected chi connectivity index (χ2v) is 2.33. The van der Waals surface area contributed by atoms with Crippen molar-refractivity contribution in [3.63, 3.8) is 0 Å². The molecule has 1 heterocycles. The summed E-state index contributed by atoms with van der Waals surface area (Å²) >= 11 is 0. The highest BCUT2D eigenvalue weighted by Gasteiger charge is 1.92. The molecule has 0 amide bonds. The third-order valence-electron chi connectivity index (χ3n) is 1.50. The monoisotopic (exact) mass is 196 g/mol.